The van der Waals surface area contributed by atoms with E-state index < -0.39 is 0 Å². The van der Waals surface area contributed by atoms with Gasteiger partial charge in [-0.05, 0) is 20.8 Å². The van der Waals surface area contributed by atoms with Crippen molar-refractivity contribution in [3.63, 3.8) is 0 Å². The van der Waals surface area contributed by atoms with Gasteiger partial charge in [0.15, 0.2) is 0 Å². The second kappa shape index (κ2) is 4.72. The SMILES string of the molecule is C=CCN(C(=O)c1n[nH]c(C)n1)C(C)C. The minimum Gasteiger partial charge on any atom is -0.330 e. The first-order valence-corrected chi connectivity index (χ1v) is 4.87. The van der Waals surface area contributed by atoms with Gasteiger partial charge in [0.05, 0.1) is 0 Å². The maximum absolute atomic E-state index is 11.9. The fourth-order valence-corrected chi connectivity index (χ4v) is 1.23. The zero-order valence-electron chi connectivity index (χ0n) is 9.32. The molecular weight excluding hydrogens is 192 g/mol. The predicted molar refractivity (Wildman–Crippen MR) is 57.5 cm³/mol. The molecule has 0 saturated carbocycles. The molecule has 82 valence electrons. The molecule has 1 aromatic heterocycles. The number of hydrogen-bond donors (Lipinski definition) is 1. The Morgan fingerprint density at radius 1 is 1.67 bits per heavy atom. The largest absolute Gasteiger partial charge is 0.330 e. The van der Waals surface area contributed by atoms with Crippen LogP contribution >= 0.6 is 0 Å². The lowest BCUT2D eigenvalue weighted by molar-refractivity contribution is 0.0716. The van der Waals surface area contributed by atoms with E-state index in [-0.39, 0.29) is 17.8 Å². The molecule has 1 rings (SSSR count). The highest BCUT2D eigenvalue weighted by Gasteiger charge is 2.20. The highest BCUT2D eigenvalue weighted by molar-refractivity contribution is 5.90. The molecule has 0 aromatic carbocycles. The van der Waals surface area contributed by atoms with Crippen molar-refractivity contribution in [2.45, 2.75) is 26.8 Å². The van der Waals surface area contributed by atoms with E-state index in [0.717, 1.165) is 0 Å². The Morgan fingerprint density at radius 3 is 2.73 bits per heavy atom. The summed E-state index contributed by atoms with van der Waals surface area (Å²) in [5.74, 6) is 0.679. The second-order valence-corrected chi connectivity index (χ2v) is 3.58. The Hall–Kier alpha value is -1.65. The number of rotatable bonds is 4. The number of amides is 1. The quantitative estimate of drug-likeness (QED) is 0.755. The molecule has 5 heteroatoms. The van der Waals surface area contributed by atoms with Gasteiger partial charge in [-0.3, -0.25) is 9.89 Å². The molecule has 0 bridgehead atoms. The zero-order chi connectivity index (χ0) is 11.4. The minimum absolute atomic E-state index is 0.106. The topological polar surface area (TPSA) is 61.9 Å². The first-order chi connectivity index (χ1) is 7.06. The fourth-order valence-electron chi connectivity index (χ4n) is 1.23. The van der Waals surface area contributed by atoms with E-state index in [9.17, 15) is 4.79 Å². The molecule has 0 aliphatic heterocycles. The summed E-state index contributed by atoms with van der Waals surface area (Å²) in [7, 11) is 0. The van der Waals surface area contributed by atoms with Gasteiger partial charge in [-0.15, -0.1) is 11.7 Å². The third kappa shape index (κ3) is 2.65. The Bertz CT molecular complexity index is 356. The average molecular weight is 208 g/mol. The first kappa shape index (κ1) is 11.4. The summed E-state index contributed by atoms with van der Waals surface area (Å²) in [6.07, 6.45) is 1.69. The minimum atomic E-state index is -0.172. The van der Waals surface area contributed by atoms with Crippen molar-refractivity contribution in [2.24, 2.45) is 0 Å². The standard InChI is InChI=1S/C10H16N4O/c1-5-6-14(7(2)3)10(15)9-11-8(4)12-13-9/h5,7H,1,6H2,2-4H3,(H,11,12,13). The van der Waals surface area contributed by atoms with Crippen LogP contribution in [0.2, 0.25) is 0 Å². The summed E-state index contributed by atoms with van der Waals surface area (Å²) in [6, 6.07) is 0.106. The van der Waals surface area contributed by atoms with Crippen LogP contribution in [0.5, 0.6) is 0 Å². The summed E-state index contributed by atoms with van der Waals surface area (Å²) in [5, 5.41) is 6.49. The summed E-state index contributed by atoms with van der Waals surface area (Å²) >= 11 is 0. The number of carbonyl (C=O) groups excluding carboxylic acids is 1. The monoisotopic (exact) mass is 208 g/mol. The number of aryl methyl sites for hydroxylation is 1. The van der Waals surface area contributed by atoms with Crippen LogP contribution in [-0.4, -0.2) is 38.6 Å². The van der Waals surface area contributed by atoms with Gasteiger partial charge in [0.25, 0.3) is 5.91 Å². The number of hydrogen-bond acceptors (Lipinski definition) is 3. The van der Waals surface area contributed by atoms with Gasteiger partial charge >= 0.3 is 0 Å². The molecule has 0 aliphatic carbocycles. The van der Waals surface area contributed by atoms with Gasteiger partial charge in [-0.2, -0.15) is 0 Å². The lowest BCUT2D eigenvalue weighted by Gasteiger charge is -2.23. The maximum atomic E-state index is 11.9. The third-order valence-corrected chi connectivity index (χ3v) is 2.00. The van der Waals surface area contributed by atoms with Gasteiger partial charge in [0, 0.05) is 12.6 Å². The van der Waals surface area contributed by atoms with Crippen LogP contribution < -0.4 is 0 Å². The number of aromatic nitrogens is 3. The summed E-state index contributed by atoms with van der Waals surface area (Å²) in [5.41, 5.74) is 0. The van der Waals surface area contributed by atoms with E-state index in [2.05, 4.69) is 21.8 Å². The number of nitrogens with one attached hydrogen (secondary N) is 1. The average Bonchev–Trinajstić information content (AvgIpc) is 2.59. The van der Waals surface area contributed by atoms with E-state index >= 15 is 0 Å². The van der Waals surface area contributed by atoms with Crippen LogP contribution in [0.15, 0.2) is 12.7 Å². The van der Waals surface area contributed by atoms with Crippen molar-refractivity contribution in [3.05, 3.63) is 24.3 Å². The van der Waals surface area contributed by atoms with Gasteiger partial charge in [0.2, 0.25) is 5.82 Å². The Kier molecular flexibility index (Phi) is 3.60. The molecule has 5 nitrogen and oxygen atoms in total. The third-order valence-electron chi connectivity index (χ3n) is 2.00. The number of nitrogens with zero attached hydrogens (tertiary/aromatic N) is 3. The zero-order valence-corrected chi connectivity index (χ0v) is 9.32. The normalized spacial score (nSPS) is 10.4. The highest BCUT2D eigenvalue weighted by Crippen LogP contribution is 2.04. The highest BCUT2D eigenvalue weighted by atomic mass is 16.2. The van der Waals surface area contributed by atoms with Crippen LogP contribution in [0.4, 0.5) is 0 Å². The molecule has 0 radical (unpaired) electrons. The molecule has 0 spiro atoms. The van der Waals surface area contributed by atoms with E-state index in [0.29, 0.717) is 12.4 Å². The van der Waals surface area contributed by atoms with Crippen molar-refractivity contribution in [1.82, 2.24) is 20.1 Å². The Labute approximate surface area is 89.2 Å². The van der Waals surface area contributed by atoms with Gasteiger partial charge in [-0.25, -0.2) is 4.98 Å². The van der Waals surface area contributed by atoms with E-state index in [1.165, 1.54) is 0 Å². The van der Waals surface area contributed by atoms with E-state index in [1.807, 2.05) is 13.8 Å². The number of carbonyl (C=O) groups is 1. The van der Waals surface area contributed by atoms with Crippen molar-refractivity contribution in [1.29, 1.82) is 0 Å². The van der Waals surface area contributed by atoms with Crippen LogP contribution in [-0.2, 0) is 0 Å². The molecular formula is C10H16N4O. The van der Waals surface area contributed by atoms with Crippen LogP contribution in [0.25, 0.3) is 0 Å². The van der Waals surface area contributed by atoms with Crippen LogP contribution in [0.3, 0.4) is 0 Å². The Morgan fingerprint density at radius 2 is 2.33 bits per heavy atom. The number of H-pyrrole nitrogens is 1. The van der Waals surface area contributed by atoms with Gasteiger partial charge in [-0.1, -0.05) is 6.08 Å². The van der Waals surface area contributed by atoms with Crippen molar-refractivity contribution < 1.29 is 4.79 Å². The van der Waals surface area contributed by atoms with Crippen molar-refractivity contribution >= 4 is 5.91 Å². The lowest BCUT2D eigenvalue weighted by atomic mass is 10.3. The van der Waals surface area contributed by atoms with Crippen molar-refractivity contribution in [3.8, 4) is 0 Å². The second-order valence-electron chi connectivity index (χ2n) is 3.58. The van der Waals surface area contributed by atoms with E-state index in [4.69, 9.17) is 0 Å². The molecule has 1 N–H and O–H groups in total. The predicted octanol–water partition coefficient (Wildman–Crippen LogP) is 1.15. The molecule has 1 aromatic rings. The summed E-state index contributed by atoms with van der Waals surface area (Å²) in [4.78, 5) is 17.6. The smallest absolute Gasteiger partial charge is 0.294 e. The lowest BCUT2D eigenvalue weighted by Crippen LogP contribution is -2.37. The molecule has 0 unspecified atom stereocenters. The summed E-state index contributed by atoms with van der Waals surface area (Å²) < 4.78 is 0. The molecule has 0 saturated heterocycles. The molecule has 0 atom stereocenters. The van der Waals surface area contributed by atoms with Crippen LogP contribution in [0.1, 0.15) is 30.3 Å². The fraction of sp³-hybridized carbons (Fsp3) is 0.500. The molecule has 1 heterocycles. The van der Waals surface area contributed by atoms with Crippen LogP contribution in [0, 0.1) is 6.92 Å². The first-order valence-electron chi connectivity index (χ1n) is 4.87. The van der Waals surface area contributed by atoms with Crippen molar-refractivity contribution in [2.75, 3.05) is 6.54 Å². The molecule has 0 fully saturated rings. The van der Waals surface area contributed by atoms with Gasteiger partial charge < -0.3 is 4.90 Å². The summed E-state index contributed by atoms with van der Waals surface area (Å²) in [6.45, 7) is 9.78. The maximum Gasteiger partial charge on any atom is 0.294 e. The van der Waals surface area contributed by atoms with Gasteiger partial charge in [0.1, 0.15) is 5.82 Å². The van der Waals surface area contributed by atoms with E-state index in [1.54, 1.807) is 17.9 Å². The Balaban J connectivity index is 2.85. The molecule has 0 aliphatic rings. The number of aromatic amines is 1. The molecule has 1 amide bonds. The molecule has 15 heavy (non-hydrogen) atoms.